The summed E-state index contributed by atoms with van der Waals surface area (Å²) >= 11 is 0. The Morgan fingerprint density at radius 3 is 2.52 bits per heavy atom. The number of likely N-dealkylation sites (N-methyl/N-ethyl adjacent to an activating group) is 1. The number of nitrogens with one attached hydrogen (secondary N) is 1. The molecule has 1 aromatic carbocycles. The van der Waals surface area contributed by atoms with Crippen LogP contribution in [0.15, 0.2) is 24.3 Å². The van der Waals surface area contributed by atoms with Crippen LogP contribution in [0.4, 0.5) is 0 Å². The van der Waals surface area contributed by atoms with Crippen LogP contribution in [-0.4, -0.2) is 30.5 Å². The molecule has 3 atom stereocenters. The molecule has 0 aliphatic carbocycles. The van der Waals surface area contributed by atoms with Crippen molar-refractivity contribution >= 4 is 5.91 Å². The van der Waals surface area contributed by atoms with E-state index in [1.807, 2.05) is 31.3 Å². The molecular formula is C17H26N2O2. The molecule has 1 aliphatic heterocycles. The molecule has 1 saturated heterocycles. The lowest BCUT2D eigenvalue weighted by Crippen LogP contribution is -2.35. The molecule has 0 radical (unpaired) electrons. The molecule has 0 bridgehead atoms. The van der Waals surface area contributed by atoms with E-state index in [4.69, 9.17) is 4.74 Å². The van der Waals surface area contributed by atoms with Gasteiger partial charge in [0.1, 0.15) is 11.9 Å². The highest BCUT2D eigenvalue weighted by molar-refractivity contribution is 5.84. The number of carbonyl (C=O) groups excluding carboxylic acids is 1. The van der Waals surface area contributed by atoms with Gasteiger partial charge in [0.2, 0.25) is 5.91 Å². The van der Waals surface area contributed by atoms with E-state index in [2.05, 4.69) is 26.1 Å². The van der Waals surface area contributed by atoms with Gasteiger partial charge in [0.05, 0.1) is 12.6 Å². The van der Waals surface area contributed by atoms with Gasteiger partial charge in [0, 0.05) is 7.05 Å². The number of hydrogen-bond donors (Lipinski definition) is 1. The van der Waals surface area contributed by atoms with Crippen molar-refractivity contribution in [2.75, 3.05) is 13.7 Å². The van der Waals surface area contributed by atoms with Crippen molar-refractivity contribution in [1.82, 2.24) is 10.2 Å². The number of hydrogen-bond acceptors (Lipinski definition) is 3. The molecule has 4 heteroatoms. The van der Waals surface area contributed by atoms with E-state index in [-0.39, 0.29) is 18.1 Å². The average Bonchev–Trinajstić information content (AvgIpc) is 2.81. The van der Waals surface area contributed by atoms with Crippen LogP contribution in [-0.2, 0) is 4.79 Å². The lowest BCUT2D eigenvalue weighted by molar-refractivity contribution is -0.129. The Morgan fingerprint density at radius 1 is 1.29 bits per heavy atom. The van der Waals surface area contributed by atoms with Crippen molar-refractivity contribution in [2.24, 2.45) is 5.92 Å². The van der Waals surface area contributed by atoms with E-state index in [0.717, 1.165) is 30.8 Å². The Bertz CT molecular complexity index is 472. The minimum atomic E-state index is -0.0824. The van der Waals surface area contributed by atoms with Crippen molar-refractivity contribution in [3.05, 3.63) is 29.8 Å². The van der Waals surface area contributed by atoms with Crippen LogP contribution in [0.25, 0.3) is 0 Å². The van der Waals surface area contributed by atoms with E-state index in [1.54, 1.807) is 4.90 Å². The number of benzene rings is 1. The molecule has 4 nitrogen and oxygen atoms in total. The summed E-state index contributed by atoms with van der Waals surface area (Å²) in [6.45, 7) is 7.06. The first kappa shape index (κ1) is 15.8. The second-order valence-corrected chi connectivity index (χ2v) is 5.80. The zero-order chi connectivity index (χ0) is 15.4. The highest BCUT2D eigenvalue weighted by Gasteiger charge is 2.39. The van der Waals surface area contributed by atoms with Gasteiger partial charge in [-0.1, -0.05) is 39.3 Å². The van der Waals surface area contributed by atoms with Crippen LogP contribution in [0, 0.1) is 5.92 Å². The summed E-state index contributed by atoms with van der Waals surface area (Å²) in [4.78, 5) is 14.1. The quantitative estimate of drug-likeness (QED) is 0.876. The van der Waals surface area contributed by atoms with Crippen molar-refractivity contribution in [3.8, 4) is 5.75 Å². The van der Waals surface area contributed by atoms with Gasteiger partial charge >= 0.3 is 0 Å². The molecule has 116 valence electrons. The minimum absolute atomic E-state index is 0.0447. The van der Waals surface area contributed by atoms with Gasteiger partial charge in [-0.15, -0.1) is 0 Å². The maximum Gasteiger partial charge on any atom is 0.241 e. The smallest absolute Gasteiger partial charge is 0.241 e. The number of nitrogens with zero attached hydrogens (tertiary/aromatic N) is 1. The molecule has 0 aromatic heterocycles. The fourth-order valence-corrected chi connectivity index (χ4v) is 2.63. The van der Waals surface area contributed by atoms with E-state index in [0.29, 0.717) is 5.92 Å². The molecular weight excluding hydrogens is 264 g/mol. The molecule has 1 fully saturated rings. The van der Waals surface area contributed by atoms with Crippen LogP contribution in [0.1, 0.15) is 45.3 Å². The first-order valence-corrected chi connectivity index (χ1v) is 7.84. The van der Waals surface area contributed by atoms with Gasteiger partial charge in [-0.2, -0.15) is 0 Å². The maximum absolute atomic E-state index is 12.3. The fraction of sp³-hybridized carbons (Fsp3) is 0.588. The fourth-order valence-electron chi connectivity index (χ4n) is 2.63. The molecule has 21 heavy (non-hydrogen) atoms. The molecule has 0 spiro atoms. The first-order chi connectivity index (χ1) is 10.1. The average molecular weight is 290 g/mol. The predicted molar refractivity (Wildman–Crippen MR) is 84.1 cm³/mol. The molecule has 1 amide bonds. The second kappa shape index (κ2) is 6.94. The predicted octanol–water partition coefficient (Wildman–Crippen LogP) is 2.95. The third-order valence-corrected chi connectivity index (χ3v) is 4.22. The summed E-state index contributed by atoms with van der Waals surface area (Å²) < 4.78 is 5.60. The van der Waals surface area contributed by atoms with Gasteiger partial charge in [0.15, 0.2) is 0 Å². The minimum Gasteiger partial charge on any atom is -0.494 e. The zero-order valence-electron chi connectivity index (χ0n) is 13.4. The summed E-state index contributed by atoms with van der Waals surface area (Å²) in [5.74, 6) is 1.41. The Morgan fingerprint density at radius 2 is 1.95 bits per heavy atom. The third-order valence-electron chi connectivity index (χ3n) is 4.22. The monoisotopic (exact) mass is 290 g/mol. The van der Waals surface area contributed by atoms with Gasteiger partial charge in [-0.05, 0) is 30.0 Å². The normalized spacial score (nSPS) is 23.4. The van der Waals surface area contributed by atoms with Crippen LogP contribution >= 0.6 is 0 Å². The van der Waals surface area contributed by atoms with Gasteiger partial charge in [-0.25, -0.2) is 0 Å². The van der Waals surface area contributed by atoms with E-state index < -0.39 is 0 Å². The molecule has 3 unspecified atom stereocenters. The van der Waals surface area contributed by atoms with Crippen molar-refractivity contribution in [3.63, 3.8) is 0 Å². The topological polar surface area (TPSA) is 41.6 Å². The largest absolute Gasteiger partial charge is 0.494 e. The number of amides is 1. The highest BCUT2D eigenvalue weighted by atomic mass is 16.5. The number of ether oxygens (including phenoxy) is 1. The third kappa shape index (κ3) is 3.38. The highest BCUT2D eigenvalue weighted by Crippen LogP contribution is 2.28. The van der Waals surface area contributed by atoms with Crippen molar-refractivity contribution < 1.29 is 9.53 Å². The van der Waals surface area contributed by atoms with Gasteiger partial charge < -0.3 is 9.64 Å². The number of rotatable bonds is 6. The van der Waals surface area contributed by atoms with E-state index in [1.165, 1.54) is 0 Å². The second-order valence-electron chi connectivity index (χ2n) is 5.80. The molecule has 1 aromatic rings. The van der Waals surface area contributed by atoms with Crippen molar-refractivity contribution in [1.29, 1.82) is 0 Å². The molecule has 1 aliphatic rings. The SMILES string of the molecule is CCCOc1ccc(C2NC(C(C)CC)C(=O)N2C)cc1. The van der Waals surface area contributed by atoms with Gasteiger partial charge in [-0.3, -0.25) is 10.1 Å². The molecule has 2 rings (SSSR count). The number of carbonyl (C=O) groups is 1. The molecule has 1 N–H and O–H groups in total. The summed E-state index contributed by atoms with van der Waals surface area (Å²) in [5.41, 5.74) is 1.10. The first-order valence-electron chi connectivity index (χ1n) is 7.84. The summed E-state index contributed by atoms with van der Waals surface area (Å²) in [7, 11) is 1.86. The van der Waals surface area contributed by atoms with Crippen LogP contribution in [0.3, 0.4) is 0 Å². The molecule has 1 heterocycles. The van der Waals surface area contributed by atoms with Crippen molar-refractivity contribution in [2.45, 2.75) is 45.8 Å². The lowest BCUT2D eigenvalue weighted by Gasteiger charge is -2.20. The van der Waals surface area contributed by atoms with E-state index in [9.17, 15) is 4.79 Å². The zero-order valence-corrected chi connectivity index (χ0v) is 13.4. The van der Waals surface area contributed by atoms with Crippen LogP contribution in [0.5, 0.6) is 5.75 Å². The summed E-state index contributed by atoms with van der Waals surface area (Å²) in [6.07, 6.45) is 1.95. The maximum atomic E-state index is 12.3. The van der Waals surface area contributed by atoms with Crippen LogP contribution in [0.2, 0.25) is 0 Å². The summed E-state index contributed by atoms with van der Waals surface area (Å²) in [6, 6.07) is 7.93. The van der Waals surface area contributed by atoms with Crippen LogP contribution < -0.4 is 10.1 Å². The lowest BCUT2D eigenvalue weighted by atomic mass is 9.99. The Labute approximate surface area is 127 Å². The van der Waals surface area contributed by atoms with E-state index >= 15 is 0 Å². The van der Waals surface area contributed by atoms with Gasteiger partial charge in [0.25, 0.3) is 0 Å². The Balaban J connectivity index is 2.09. The Hall–Kier alpha value is -1.55. The summed E-state index contributed by atoms with van der Waals surface area (Å²) in [5, 5.41) is 3.46. The molecule has 0 saturated carbocycles. The standard InChI is InChI=1S/C17H26N2O2/c1-5-11-21-14-9-7-13(8-10-14)16-18-15(12(3)6-2)17(20)19(16)4/h7-10,12,15-16,18H,5-6,11H2,1-4H3. The Kier molecular flexibility index (Phi) is 5.23.